The topological polar surface area (TPSA) is 52.6 Å². The summed E-state index contributed by atoms with van der Waals surface area (Å²) in [5, 5.41) is 13.3. The number of likely N-dealkylation sites (tertiary alicyclic amines) is 1. The predicted molar refractivity (Wildman–Crippen MR) is 80.6 cm³/mol. The van der Waals surface area contributed by atoms with E-state index >= 15 is 0 Å². The molecule has 1 aliphatic rings. The Morgan fingerprint density at radius 1 is 1.35 bits per heavy atom. The van der Waals surface area contributed by atoms with E-state index in [1.54, 1.807) is 24.3 Å². The third-order valence-electron chi connectivity index (χ3n) is 4.01. The second kappa shape index (κ2) is 5.98. The summed E-state index contributed by atoms with van der Waals surface area (Å²) in [4.78, 5) is 13.2. The minimum absolute atomic E-state index is 0.0605. The van der Waals surface area contributed by atoms with Gasteiger partial charge >= 0.3 is 0 Å². The number of anilines is 1. The Morgan fingerprint density at radius 2 is 1.90 bits per heavy atom. The average molecular weight is 272 g/mol. The van der Waals surface area contributed by atoms with E-state index in [2.05, 4.69) is 17.3 Å². The van der Waals surface area contributed by atoms with Gasteiger partial charge in [-0.1, -0.05) is 12.1 Å². The highest BCUT2D eigenvalue weighted by atomic mass is 16.3. The third kappa shape index (κ3) is 3.41. The lowest BCUT2D eigenvalue weighted by molar-refractivity contribution is -0.114. The molecule has 1 aliphatic heterocycles. The zero-order valence-corrected chi connectivity index (χ0v) is 12.1. The number of hydrogen-bond donors (Lipinski definition) is 2. The minimum Gasteiger partial charge on any atom is -0.395 e. The molecular formula is C15H21BN2O2. The van der Waals surface area contributed by atoms with E-state index in [1.165, 1.54) is 6.92 Å². The van der Waals surface area contributed by atoms with Crippen LogP contribution in [0, 0.1) is 5.92 Å². The van der Waals surface area contributed by atoms with Crippen LogP contribution < -0.4 is 5.32 Å². The van der Waals surface area contributed by atoms with Crippen molar-refractivity contribution in [3.63, 3.8) is 0 Å². The van der Waals surface area contributed by atoms with Gasteiger partial charge in [0.25, 0.3) is 0 Å². The van der Waals surface area contributed by atoms with Crippen molar-refractivity contribution < 1.29 is 9.90 Å². The molecule has 1 amide bonds. The monoisotopic (exact) mass is 272 g/mol. The smallest absolute Gasteiger partial charge is 0.221 e. The van der Waals surface area contributed by atoms with Crippen molar-refractivity contribution in [3.05, 3.63) is 29.8 Å². The quantitative estimate of drug-likeness (QED) is 0.815. The molecule has 0 spiro atoms. The Hall–Kier alpha value is -1.33. The molecule has 0 bridgehead atoms. The number of nitrogens with one attached hydrogen (secondary N) is 1. The molecule has 2 rings (SSSR count). The Morgan fingerprint density at radius 3 is 2.40 bits per heavy atom. The summed E-state index contributed by atoms with van der Waals surface area (Å²) < 4.78 is 0. The van der Waals surface area contributed by atoms with Crippen LogP contribution >= 0.6 is 0 Å². The lowest BCUT2D eigenvalue weighted by Gasteiger charge is -2.39. The number of hydrogen-bond acceptors (Lipinski definition) is 3. The highest BCUT2D eigenvalue weighted by Crippen LogP contribution is 2.34. The van der Waals surface area contributed by atoms with Crippen molar-refractivity contribution in [2.24, 2.45) is 5.92 Å². The number of amides is 1. The summed E-state index contributed by atoms with van der Waals surface area (Å²) in [6.07, 6.45) is 1.77. The van der Waals surface area contributed by atoms with E-state index in [1.807, 2.05) is 0 Å². The fraction of sp³-hybridized carbons (Fsp3) is 0.533. The van der Waals surface area contributed by atoms with Gasteiger partial charge in [-0.2, -0.15) is 0 Å². The van der Waals surface area contributed by atoms with Gasteiger partial charge in [0.1, 0.15) is 7.85 Å². The fourth-order valence-corrected chi connectivity index (χ4v) is 2.71. The van der Waals surface area contributed by atoms with E-state index in [9.17, 15) is 9.90 Å². The maximum atomic E-state index is 11.0. The zero-order valence-electron chi connectivity index (χ0n) is 12.1. The predicted octanol–water partition coefficient (Wildman–Crippen LogP) is 1.30. The molecule has 4 nitrogen and oxygen atoms in total. The number of nitrogens with zero attached hydrogens (tertiary/aromatic N) is 1. The van der Waals surface area contributed by atoms with Crippen molar-refractivity contribution in [2.75, 3.05) is 25.5 Å². The van der Waals surface area contributed by atoms with Crippen LogP contribution in [0.5, 0.6) is 0 Å². The molecule has 1 unspecified atom stereocenters. The van der Waals surface area contributed by atoms with E-state index in [0.717, 1.165) is 25.9 Å². The molecule has 2 N–H and O–H groups in total. The normalized spacial score (nSPS) is 20.4. The maximum Gasteiger partial charge on any atom is 0.221 e. The van der Waals surface area contributed by atoms with Gasteiger partial charge in [0.05, 0.1) is 5.50 Å². The van der Waals surface area contributed by atoms with E-state index in [4.69, 9.17) is 7.85 Å². The van der Waals surface area contributed by atoms with Crippen LogP contribution in [0.2, 0.25) is 0 Å². The van der Waals surface area contributed by atoms with E-state index < -0.39 is 5.50 Å². The molecule has 1 heterocycles. The summed E-state index contributed by atoms with van der Waals surface area (Å²) in [6, 6.07) is 7.10. The summed E-state index contributed by atoms with van der Waals surface area (Å²) in [7, 11) is 8.24. The van der Waals surface area contributed by atoms with Gasteiger partial charge in [0.2, 0.25) is 5.91 Å². The summed E-state index contributed by atoms with van der Waals surface area (Å²) in [5.41, 5.74) is 0.0947. The first-order valence-electron chi connectivity index (χ1n) is 6.97. The molecule has 1 fully saturated rings. The van der Waals surface area contributed by atoms with Crippen LogP contribution in [-0.4, -0.2) is 43.9 Å². The first kappa shape index (κ1) is 15.1. The van der Waals surface area contributed by atoms with Gasteiger partial charge < -0.3 is 15.3 Å². The molecule has 106 valence electrons. The van der Waals surface area contributed by atoms with Crippen LogP contribution in [-0.2, 0) is 10.3 Å². The summed E-state index contributed by atoms with van der Waals surface area (Å²) in [6.45, 7) is 3.37. The van der Waals surface area contributed by atoms with Gasteiger partial charge in [0.15, 0.2) is 0 Å². The number of benzene rings is 1. The van der Waals surface area contributed by atoms with Crippen LogP contribution in [0.4, 0.5) is 5.69 Å². The maximum absolute atomic E-state index is 11.0. The number of carbonyl (C=O) groups is 1. The van der Waals surface area contributed by atoms with Gasteiger partial charge in [-0.15, -0.1) is 0 Å². The van der Waals surface area contributed by atoms with Crippen molar-refractivity contribution in [2.45, 2.75) is 25.3 Å². The van der Waals surface area contributed by atoms with Crippen molar-refractivity contribution in [3.8, 4) is 0 Å². The Labute approximate surface area is 121 Å². The van der Waals surface area contributed by atoms with Crippen LogP contribution in [0.3, 0.4) is 0 Å². The molecule has 1 atom stereocenters. The molecule has 0 aliphatic carbocycles. The second-order valence-corrected chi connectivity index (χ2v) is 5.66. The molecule has 0 saturated carbocycles. The highest BCUT2D eigenvalue weighted by molar-refractivity contribution is 6.14. The fourth-order valence-electron chi connectivity index (χ4n) is 2.71. The number of piperidine rings is 1. The Bertz CT molecular complexity index is 465. The number of rotatable bonds is 3. The lowest BCUT2D eigenvalue weighted by Crippen LogP contribution is -2.42. The van der Waals surface area contributed by atoms with Gasteiger partial charge in [-0.05, 0) is 56.6 Å². The van der Waals surface area contributed by atoms with Crippen LogP contribution in [0.15, 0.2) is 24.3 Å². The van der Waals surface area contributed by atoms with Gasteiger partial charge in [-0.3, -0.25) is 4.79 Å². The standard InChI is InChI=1S/C15H21BN2O2/c1-11(19)17-14-5-3-12(4-6-14)15(16,20)13-7-9-18(2)10-8-13/h3-6,13,20H,7-10H2,1-2H3,(H,17,19). The molecular weight excluding hydrogens is 251 g/mol. The largest absolute Gasteiger partial charge is 0.395 e. The van der Waals surface area contributed by atoms with E-state index in [-0.39, 0.29) is 11.8 Å². The SMILES string of the molecule is [B]C(O)(c1ccc(NC(C)=O)cc1)C1CCN(C)CC1. The minimum atomic E-state index is -1.31. The molecule has 1 aromatic rings. The van der Waals surface area contributed by atoms with Crippen molar-refractivity contribution in [1.82, 2.24) is 4.90 Å². The number of aliphatic hydroxyl groups is 1. The summed E-state index contributed by atoms with van der Waals surface area (Å²) in [5.74, 6) is -0.0543. The second-order valence-electron chi connectivity index (χ2n) is 5.66. The van der Waals surface area contributed by atoms with Crippen LogP contribution in [0.1, 0.15) is 25.3 Å². The zero-order chi connectivity index (χ0) is 14.8. The molecule has 1 saturated heterocycles. The Balaban J connectivity index is 2.10. The highest BCUT2D eigenvalue weighted by Gasteiger charge is 2.34. The number of carbonyl (C=O) groups excluding carboxylic acids is 1. The van der Waals surface area contributed by atoms with Crippen molar-refractivity contribution in [1.29, 1.82) is 0 Å². The molecule has 2 radical (unpaired) electrons. The van der Waals surface area contributed by atoms with Gasteiger partial charge in [-0.25, -0.2) is 0 Å². The molecule has 0 aromatic heterocycles. The van der Waals surface area contributed by atoms with Gasteiger partial charge in [0, 0.05) is 12.6 Å². The third-order valence-corrected chi connectivity index (χ3v) is 4.01. The first-order chi connectivity index (χ1) is 9.39. The van der Waals surface area contributed by atoms with Crippen molar-refractivity contribution >= 4 is 19.4 Å². The molecule has 20 heavy (non-hydrogen) atoms. The lowest BCUT2D eigenvalue weighted by atomic mass is 9.64. The molecule has 1 aromatic carbocycles. The van der Waals surface area contributed by atoms with Crippen LogP contribution in [0.25, 0.3) is 0 Å². The first-order valence-corrected chi connectivity index (χ1v) is 6.97. The Kier molecular flexibility index (Phi) is 4.50. The average Bonchev–Trinajstić information content (AvgIpc) is 2.39. The van der Waals surface area contributed by atoms with E-state index in [0.29, 0.717) is 11.3 Å². The molecule has 5 heteroatoms. The summed E-state index contributed by atoms with van der Waals surface area (Å²) >= 11 is 0.